The molecule has 1 N–H and O–H groups in total. The second kappa shape index (κ2) is 3.39. The van der Waals surface area contributed by atoms with Crippen molar-refractivity contribution in [2.45, 2.75) is 32.1 Å². The average Bonchev–Trinajstić information content (AvgIpc) is 2.63. The lowest BCUT2D eigenvalue weighted by Crippen LogP contribution is -1.99. The Hall–Kier alpha value is -0.640. The normalized spacial score (nSPS) is 18.7. The Morgan fingerprint density at radius 3 is 2.83 bits per heavy atom. The first-order valence-corrected chi connectivity index (χ1v) is 4.80. The minimum atomic E-state index is 0.322. The zero-order valence-electron chi connectivity index (χ0n) is 6.88. The maximum absolute atomic E-state index is 4.85. The number of aromatic nitrogens is 2. The topological polar surface area (TPSA) is 41.8 Å². The van der Waals surface area contributed by atoms with Gasteiger partial charge in [0.25, 0.3) is 0 Å². The summed E-state index contributed by atoms with van der Waals surface area (Å²) in [5.74, 6) is 1.70. The van der Waals surface area contributed by atoms with E-state index in [0.717, 1.165) is 18.2 Å². The van der Waals surface area contributed by atoms with Crippen LogP contribution in [0.15, 0.2) is 4.52 Å². The minimum Gasteiger partial charge on any atom is -0.348 e. The molecule has 1 fully saturated rings. The number of rotatable bonds is 2. The van der Waals surface area contributed by atoms with Crippen LogP contribution in [0.1, 0.15) is 31.5 Å². The van der Waals surface area contributed by atoms with Gasteiger partial charge in [0.05, 0.1) is 0 Å². The fourth-order valence-corrected chi connectivity index (χ4v) is 1.99. The highest BCUT2D eigenvalue weighted by atomic mass is 32.1. The Labute approximate surface area is 76.2 Å². The molecule has 1 aliphatic carbocycles. The van der Waals surface area contributed by atoms with Crippen molar-refractivity contribution >= 4 is 12.2 Å². The first kappa shape index (κ1) is 7.98. The van der Waals surface area contributed by atoms with Crippen LogP contribution >= 0.6 is 12.2 Å². The second-order valence-electron chi connectivity index (χ2n) is 3.38. The molecular weight excluding hydrogens is 172 g/mol. The summed E-state index contributed by atoms with van der Waals surface area (Å²) < 4.78 is 4.85. The highest BCUT2D eigenvalue weighted by Crippen LogP contribution is 2.26. The molecule has 1 heterocycles. The van der Waals surface area contributed by atoms with Crippen molar-refractivity contribution in [2.75, 3.05) is 0 Å². The van der Waals surface area contributed by atoms with Gasteiger partial charge in [0.2, 0.25) is 0 Å². The molecule has 2 rings (SSSR count). The monoisotopic (exact) mass is 184 g/mol. The molecule has 1 aromatic rings. The van der Waals surface area contributed by atoms with Gasteiger partial charge < -0.3 is 4.52 Å². The van der Waals surface area contributed by atoms with E-state index in [1.807, 2.05) is 0 Å². The Kier molecular flexibility index (Phi) is 2.26. The summed E-state index contributed by atoms with van der Waals surface area (Å²) in [6.45, 7) is 0. The molecule has 0 aromatic carbocycles. The Bertz CT molecular complexity index is 298. The van der Waals surface area contributed by atoms with Gasteiger partial charge in [-0.3, -0.25) is 0 Å². The van der Waals surface area contributed by atoms with Crippen LogP contribution in [-0.2, 0) is 6.42 Å². The number of nitrogens with one attached hydrogen (secondary N) is 1. The van der Waals surface area contributed by atoms with Crippen LogP contribution in [0.5, 0.6) is 0 Å². The predicted octanol–water partition coefficient (Wildman–Crippen LogP) is 2.46. The van der Waals surface area contributed by atoms with Crippen LogP contribution in [0.25, 0.3) is 0 Å². The van der Waals surface area contributed by atoms with Crippen LogP contribution in [-0.4, -0.2) is 10.1 Å². The Morgan fingerprint density at radius 1 is 1.50 bits per heavy atom. The third-order valence-electron chi connectivity index (χ3n) is 2.44. The predicted molar refractivity (Wildman–Crippen MR) is 47.3 cm³/mol. The van der Waals surface area contributed by atoms with Crippen molar-refractivity contribution in [1.82, 2.24) is 10.1 Å². The smallest absolute Gasteiger partial charge is 0.314 e. The molecule has 3 nitrogen and oxygen atoms in total. The number of hydrogen-bond acceptors (Lipinski definition) is 3. The summed E-state index contributed by atoms with van der Waals surface area (Å²) in [4.78, 5) is 4.39. The van der Waals surface area contributed by atoms with Crippen molar-refractivity contribution in [1.29, 1.82) is 0 Å². The number of H-pyrrole nitrogens is 1. The lowest BCUT2D eigenvalue weighted by molar-refractivity contribution is 0.392. The fraction of sp³-hybridized carbons (Fsp3) is 0.750. The molecule has 1 aromatic heterocycles. The van der Waals surface area contributed by atoms with Gasteiger partial charge in [-0.1, -0.05) is 25.7 Å². The first-order chi connectivity index (χ1) is 5.84. The summed E-state index contributed by atoms with van der Waals surface area (Å²) >= 11 is 4.76. The summed E-state index contributed by atoms with van der Waals surface area (Å²) in [5.41, 5.74) is 0. The van der Waals surface area contributed by atoms with Gasteiger partial charge in [0.15, 0.2) is 0 Å². The molecule has 0 bridgehead atoms. The van der Waals surface area contributed by atoms with E-state index in [-0.39, 0.29) is 0 Å². The van der Waals surface area contributed by atoms with Gasteiger partial charge in [-0.15, -0.1) is 0 Å². The molecule has 0 spiro atoms. The number of aromatic amines is 1. The van der Waals surface area contributed by atoms with Gasteiger partial charge in [0, 0.05) is 6.42 Å². The summed E-state index contributed by atoms with van der Waals surface area (Å²) in [6.07, 6.45) is 6.38. The highest BCUT2D eigenvalue weighted by Gasteiger charge is 2.16. The molecule has 0 unspecified atom stereocenters. The average molecular weight is 184 g/mol. The molecule has 4 heteroatoms. The maximum Gasteiger partial charge on any atom is 0.314 e. The van der Waals surface area contributed by atoms with Gasteiger partial charge >= 0.3 is 4.84 Å². The van der Waals surface area contributed by atoms with Crippen LogP contribution in [0.2, 0.25) is 0 Å². The first-order valence-electron chi connectivity index (χ1n) is 4.39. The van der Waals surface area contributed by atoms with Crippen LogP contribution in [0.4, 0.5) is 0 Å². The zero-order chi connectivity index (χ0) is 8.39. The quantitative estimate of drug-likeness (QED) is 0.718. The van der Waals surface area contributed by atoms with E-state index in [0.29, 0.717) is 4.84 Å². The summed E-state index contributed by atoms with van der Waals surface area (Å²) in [5, 5.41) is 2.74. The van der Waals surface area contributed by atoms with E-state index >= 15 is 0 Å². The summed E-state index contributed by atoms with van der Waals surface area (Å²) in [6, 6.07) is 0. The van der Waals surface area contributed by atoms with E-state index in [1.54, 1.807) is 0 Å². The van der Waals surface area contributed by atoms with Crippen molar-refractivity contribution in [2.24, 2.45) is 5.92 Å². The molecule has 0 radical (unpaired) electrons. The lowest BCUT2D eigenvalue weighted by Gasteiger charge is -2.03. The van der Waals surface area contributed by atoms with Crippen molar-refractivity contribution in [3.63, 3.8) is 0 Å². The van der Waals surface area contributed by atoms with E-state index in [9.17, 15) is 0 Å². The molecule has 66 valence electrons. The summed E-state index contributed by atoms with van der Waals surface area (Å²) in [7, 11) is 0. The van der Waals surface area contributed by atoms with E-state index in [2.05, 4.69) is 10.1 Å². The van der Waals surface area contributed by atoms with Crippen LogP contribution in [0, 0.1) is 10.8 Å². The zero-order valence-corrected chi connectivity index (χ0v) is 7.69. The molecule has 0 amide bonds. The van der Waals surface area contributed by atoms with Gasteiger partial charge in [-0.05, 0) is 18.1 Å². The molecule has 1 aliphatic rings. The SMILES string of the molecule is S=c1nc(CC2CCCC2)[nH]o1. The lowest BCUT2D eigenvalue weighted by atomic mass is 10.0. The third-order valence-corrected chi connectivity index (χ3v) is 2.61. The molecule has 1 saturated carbocycles. The molecule has 12 heavy (non-hydrogen) atoms. The second-order valence-corrected chi connectivity index (χ2v) is 3.73. The fourth-order valence-electron chi connectivity index (χ4n) is 1.83. The van der Waals surface area contributed by atoms with Crippen molar-refractivity contribution in [3.05, 3.63) is 10.7 Å². The van der Waals surface area contributed by atoms with Gasteiger partial charge in [-0.25, -0.2) is 5.16 Å². The standard InChI is InChI=1S/C8H12N2OS/c12-8-9-7(10-11-8)5-6-3-1-2-4-6/h6H,1-5H2,(H,9,10,12). The van der Waals surface area contributed by atoms with E-state index < -0.39 is 0 Å². The molecule has 0 atom stereocenters. The number of hydrogen-bond donors (Lipinski definition) is 1. The van der Waals surface area contributed by atoms with E-state index in [1.165, 1.54) is 25.7 Å². The van der Waals surface area contributed by atoms with Gasteiger partial charge in [0.1, 0.15) is 5.82 Å². The largest absolute Gasteiger partial charge is 0.348 e. The van der Waals surface area contributed by atoms with Crippen molar-refractivity contribution < 1.29 is 4.52 Å². The Balaban J connectivity index is 1.98. The minimum absolute atomic E-state index is 0.322. The highest BCUT2D eigenvalue weighted by molar-refractivity contribution is 7.71. The molecule has 0 aliphatic heterocycles. The van der Waals surface area contributed by atoms with Crippen molar-refractivity contribution in [3.8, 4) is 0 Å². The Morgan fingerprint density at radius 2 is 2.25 bits per heavy atom. The molecular formula is C8H12N2OS. The van der Waals surface area contributed by atoms with Crippen LogP contribution in [0.3, 0.4) is 0 Å². The van der Waals surface area contributed by atoms with Crippen LogP contribution < -0.4 is 0 Å². The molecule has 0 saturated heterocycles. The number of nitrogens with zero attached hydrogens (tertiary/aromatic N) is 1. The third kappa shape index (κ3) is 1.75. The van der Waals surface area contributed by atoms with Gasteiger partial charge in [-0.2, -0.15) is 4.98 Å². The van der Waals surface area contributed by atoms with E-state index in [4.69, 9.17) is 16.7 Å². The maximum atomic E-state index is 4.85.